The molecule has 0 atom stereocenters. The molecule has 2 rings (SSSR count). The maximum atomic E-state index is 11.2. The van der Waals surface area contributed by atoms with E-state index in [1.165, 1.54) is 0 Å². The molecular weight excluding hydrogens is 246 g/mol. The van der Waals surface area contributed by atoms with Crippen LogP contribution in [0.3, 0.4) is 0 Å². The van der Waals surface area contributed by atoms with Crippen LogP contribution in [0.5, 0.6) is 0 Å². The van der Waals surface area contributed by atoms with Crippen molar-refractivity contribution in [2.24, 2.45) is 5.84 Å². The standard InChI is InChI=1S/C9H8BrN3O/c10-7-2-5-1-6(9(14)13-11)3-8(5)12-4-7/h1-2,4H,3,11H2,(H,13,14). The maximum Gasteiger partial charge on any atom is 0.261 e. The van der Waals surface area contributed by atoms with Gasteiger partial charge < -0.3 is 0 Å². The van der Waals surface area contributed by atoms with Gasteiger partial charge in [-0.1, -0.05) is 0 Å². The molecule has 0 aliphatic heterocycles. The summed E-state index contributed by atoms with van der Waals surface area (Å²) in [6.07, 6.45) is 4.07. The Balaban J connectivity index is 2.34. The van der Waals surface area contributed by atoms with Crippen LogP contribution < -0.4 is 11.3 Å². The van der Waals surface area contributed by atoms with E-state index >= 15 is 0 Å². The van der Waals surface area contributed by atoms with Gasteiger partial charge in [-0.25, -0.2) is 5.84 Å². The monoisotopic (exact) mass is 253 g/mol. The fourth-order valence-electron chi connectivity index (χ4n) is 1.41. The lowest BCUT2D eigenvalue weighted by atomic mass is 10.2. The molecule has 72 valence electrons. The van der Waals surface area contributed by atoms with Gasteiger partial charge in [0.05, 0.1) is 5.69 Å². The van der Waals surface area contributed by atoms with E-state index in [9.17, 15) is 4.79 Å². The van der Waals surface area contributed by atoms with Crippen molar-refractivity contribution in [2.45, 2.75) is 6.42 Å². The van der Waals surface area contributed by atoms with Crippen molar-refractivity contribution in [3.63, 3.8) is 0 Å². The third kappa shape index (κ3) is 1.56. The molecule has 0 bridgehead atoms. The number of fused-ring (bicyclic) bond motifs is 1. The predicted molar refractivity (Wildman–Crippen MR) is 55.9 cm³/mol. The second-order valence-electron chi connectivity index (χ2n) is 3.01. The van der Waals surface area contributed by atoms with E-state index in [0.717, 1.165) is 15.7 Å². The lowest BCUT2D eigenvalue weighted by molar-refractivity contribution is -0.117. The van der Waals surface area contributed by atoms with Gasteiger partial charge in [0.15, 0.2) is 0 Å². The Kier molecular flexibility index (Phi) is 2.35. The fourth-order valence-corrected chi connectivity index (χ4v) is 1.76. The highest BCUT2D eigenvalue weighted by Gasteiger charge is 2.18. The van der Waals surface area contributed by atoms with Crippen LogP contribution in [0.2, 0.25) is 0 Å². The first-order chi connectivity index (χ1) is 6.70. The second-order valence-corrected chi connectivity index (χ2v) is 3.92. The molecule has 3 N–H and O–H groups in total. The summed E-state index contributed by atoms with van der Waals surface area (Å²) < 4.78 is 0.905. The molecule has 0 saturated carbocycles. The summed E-state index contributed by atoms with van der Waals surface area (Å²) in [6, 6.07) is 1.93. The first-order valence-corrected chi connectivity index (χ1v) is 4.86. The van der Waals surface area contributed by atoms with Gasteiger partial charge in [0.1, 0.15) is 0 Å². The summed E-state index contributed by atoms with van der Waals surface area (Å²) in [5, 5.41) is 0. The molecule has 1 aliphatic rings. The molecule has 0 fully saturated rings. The van der Waals surface area contributed by atoms with Gasteiger partial charge in [0, 0.05) is 22.7 Å². The number of hydrogen-bond donors (Lipinski definition) is 2. The molecule has 0 radical (unpaired) electrons. The van der Waals surface area contributed by atoms with Gasteiger partial charge in [-0.15, -0.1) is 0 Å². The maximum absolute atomic E-state index is 11.2. The summed E-state index contributed by atoms with van der Waals surface area (Å²) in [4.78, 5) is 15.4. The van der Waals surface area contributed by atoms with E-state index in [-0.39, 0.29) is 5.91 Å². The molecule has 0 spiro atoms. The number of nitrogens with two attached hydrogens (primary N) is 1. The number of rotatable bonds is 1. The average Bonchev–Trinajstić information content (AvgIpc) is 2.59. The van der Waals surface area contributed by atoms with Gasteiger partial charge in [0.2, 0.25) is 0 Å². The van der Waals surface area contributed by atoms with Crippen molar-refractivity contribution in [3.8, 4) is 0 Å². The largest absolute Gasteiger partial charge is 0.290 e. The Labute approximate surface area is 89.3 Å². The van der Waals surface area contributed by atoms with E-state index in [0.29, 0.717) is 12.0 Å². The molecule has 1 amide bonds. The van der Waals surface area contributed by atoms with Gasteiger partial charge in [-0.05, 0) is 33.6 Å². The molecule has 0 unspecified atom stereocenters. The van der Waals surface area contributed by atoms with Crippen LogP contribution in [0, 0.1) is 0 Å². The fraction of sp³-hybridized carbons (Fsp3) is 0.111. The van der Waals surface area contributed by atoms with Gasteiger partial charge in [-0.2, -0.15) is 0 Å². The molecule has 1 heterocycles. The lowest BCUT2D eigenvalue weighted by Crippen LogP contribution is -2.31. The number of amides is 1. The molecule has 1 aromatic heterocycles. The van der Waals surface area contributed by atoms with Crippen LogP contribution in [-0.2, 0) is 11.2 Å². The van der Waals surface area contributed by atoms with Gasteiger partial charge in [0.25, 0.3) is 5.91 Å². The summed E-state index contributed by atoms with van der Waals surface area (Å²) in [5.74, 6) is 4.80. The summed E-state index contributed by atoms with van der Waals surface area (Å²) in [7, 11) is 0. The molecule has 14 heavy (non-hydrogen) atoms. The number of hydrazine groups is 1. The molecule has 1 aromatic rings. The number of carbonyl (C=O) groups excluding carboxylic acids is 1. The SMILES string of the molecule is NNC(=O)C1=Cc2cc(Br)cnc2C1. The van der Waals surface area contributed by atoms with E-state index < -0.39 is 0 Å². The Morgan fingerprint density at radius 1 is 1.64 bits per heavy atom. The second kappa shape index (κ2) is 3.51. The van der Waals surface area contributed by atoms with Crippen molar-refractivity contribution in [1.29, 1.82) is 0 Å². The Morgan fingerprint density at radius 3 is 3.14 bits per heavy atom. The molecule has 1 aliphatic carbocycles. The van der Waals surface area contributed by atoms with Crippen molar-refractivity contribution in [3.05, 3.63) is 33.6 Å². The summed E-state index contributed by atoms with van der Waals surface area (Å²) in [6.45, 7) is 0. The highest BCUT2D eigenvalue weighted by molar-refractivity contribution is 9.10. The van der Waals surface area contributed by atoms with E-state index in [1.54, 1.807) is 12.3 Å². The third-order valence-corrected chi connectivity index (χ3v) is 2.51. The lowest BCUT2D eigenvalue weighted by Gasteiger charge is -1.98. The third-order valence-electron chi connectivity index (χ3n) is 2.08. The Morgan fingerprint density at radius 2 is 2.43 bits per heavy atom. The predicted octanol–water partition coefficient (Wildman–Crippen LogP) is 0.773. The topological polar surface area (TPSA) is 68.0 Å². The first-order valence-electron chi connectivity index (χ1n) is 4.06. The smallest absolute Gasteiger partial charge is 0.261 e. The molecule has 0 aromatic carbocycles. The number of aromatic nitrogens is 1. The minimum Gasteiger partial charge on any atom is -0.290 e. The van der Waals surface area contributed by atoms with E-state index in [2.05, 4.69) is 26.3 Å². The summed E-state index contributed by atoms with van der Waals surface area (Å²) in [5.41, 5.74) is 4.64. The number of hydrogen-bond acceptors (Lipinski definition) is 3. The highest BCUT2D eigenvalue weighted by atomic mass is 79.9. The first kappa shape index (κ1) is 9.36. The van der Waals surface area contributed by atoms with Crippen LogP contribution in [-0.4, -0.2) is 10.9 Å². The van der Waals surface area contributed by atoms with Crippen molar-refractivity contribution in [1.82, 2.24) is 10.4 Å². The minimum absolute atomic E-state index is 0.251. The van der Waals surface area contributed by atoms with Gasteiger partial charge >= 0.3 is 0 Å². The highest BCUT2D eigenvalue weighted by Crippen LogP contribution is 2.25. The van der Waals surface area contributed by atoms with Crippen molar-refractivity contribution < 1.29 is 4.79 Å². The van der Waals surface area contributed by atoms with Crippen LogP contribution >= 0.6 is 15.9 Å². The summed E-state index contributed by atoms with van der Waals surface area (Å²) >= 11 is 3.32. The zero-order valence-electron chi connectivity index (χ0n) is 7.25. The zero-order chi connectivity index (χ0) is 10.1. The van der Waals surface area contributed by atoms with Crippen molar-refractivity contribution in [2.75, 3.05) is 0 Å². The van der Waals surface area contributed by atoms with Crippen LogP contribution in [0.1, 0.15) is 11.3 Å². The molecular formula is C9H8BrN3O. The van der Waals surface area contributed by atoms with E-state index in [1.807, 2.05) is 6.07 Å². The number of carbonyl (C=O) groups is 1. The molecule has 0 saturated heterocycles. The number of halogens is 1. The zero-order valence-corrected chi connectivity index (χ0v) is 8.84. The number of nitrogens with one attached hydrogen (secondary N) is 1. The van der Waals surface area contributed by atoms with Crippen LogP contribution in [0.25, 0.3) is 6.08 Å². The average molecular weight is 254 g/mol. The number of nitrogens with zero attached hydrogens (tertiary/aromatic N) is 1. The Hall–Kier alpha value is -1.20. The molecule has 4 nitrogen and oxygen atoms in total. The van der Waals surface area contributed by atoms with E-state index in [4.69, 9.17) is 5.84 Å². The minimum atomic E-state index is -0.251. The van der Waals surface area contributed by atoms with Crippen molar-refractivity contribution >= 4 is 27.9 Å². The number of pyridine rings is 1. The quantitative estimate of drug-likeness (QED) is 0.442. The van der Waals surface area contributed by atoms with Crippen LogP contribution in [0.4, 0.5) is 0 Å². The normalized spacial score (nSPS) is 13.4. The van der Waals surface area contributed by atoms with Gasteiger partial charge in [-0.3, -0.25) is 15.2 Å². The Bertz CT molecular complexity index is 428. The van der Waals surface area contributed by atoms with Crippen LogP contribution in [0.15, 0.2) is 22.3 Å². The molecule has 5 heteroatoms.